The molecule has 0 radical (unpaired) electrons. The molecule has 1 aliphatic carbocycles. The second kappa shape index (κ2) is 9.42. The molecule has 9 heteroatoms. The van der Waals surface area contributed by atoms with Crippen molar-refractivity contribution in [3.63, 3.8) is 0 Å². The fraction of sp³-hybridized carbons (Fsp3) is 0.905. The lowest BCUT2D eigenvalue weighted by Crippen LogP contribution is -2.70. The minimum atomic E-state index is -2.83. The van der Waals surface area contributed by atoms with Crippen LogP contribution in [-0.2, 0) is 4.74 Å². The topological polar surface area (TPSA) is 69.4 Å². The number of nitrogens with one attached hydrogen (secondary N) is 5. The highest BCUT2D eigenvalue weighted by atomic mass is 19.3. The Labute approximate surface area is 177 Å². The predicted molar refractivity (Wildman–Crippen MR) is 110 cm³/mol. The molecule has 30 heavy (non-hydrogen) atoms. The second-order valence-electron chi connectivity index (χ2n) is 9.26. The van der Waals surface area contributed by atoms with Gasteiger partial charge in [-0.3, -0.25) is 16.0 Å². The summed E-state index contributed by atoms with van der Waals surface area (Å²) in [7, 11) is 1.87. The zero-order valence-electron chi connectivity index (χ0n) is 17.9. The molecule has 172 valence electrons. The molecule has 1 saturated carbocycles. The van der Waals surface area contributed by atoms with Crippen molar-refractivity contribution in [2.45, 2.75) is 81.8 Å². The quantitative estimate of drug-likeness (QED) is 0.434. The van der Waals surface area contributed by atoms with Gasteiger partial charge in [-0.05, 0) is 46.2 Å². The molecule has 5 N–H and O–H groups in total. The van der Waals surface area contributed by atoms with E-state index in [0.717, 1.165) is 31.4 Å². The molecule has 0 aromatic heterocycles. The van der Waals surface area contributed by atoms with Crippen LogP contribution in [0.5, 0.6) is 0 Å². The summed E-state index contributed by atoms with van der Waals surface area (Å²) in [4.78, 5) is 0. The van der Waals surface area contributed by atoms with Crippen molar-refractivity contribution in [2.75, 3.05) is 26.7 Å². The number of hydrogen-bond acceptors (Lipinski definition) is 6. The van der Waals surface area contributed by atoms with Crippen molar-refractivity contribution in [3.8, 4) is 0 Å². The lowest BCUT2D eigenvalue weighted by Gasteiger charge is -2.51. The minimum absolute atomic E-state index is 0.00584. The zero-order chi connectivity index (χ0) is 21.3. The summed E-state index contributed by atoms with van der Waals surface area (Å²) in [5.41, 5.74) is 0.928. The largest absolute Gasteiger partial charge is 0.377 e. The van der Waals surface area contributed by atoms with Gasteiger partial charge in [0.05, 0.1) is 24.8 Å². The fourth-order valence-corrected chi connectivity index (χ4v) is 5.61. The zero-order valence-corrected chi connectivity index (χ0v) is 17.9. The maximum Gasteiger partial charge on any atom is 0.255 e. The SMILES string of the molecule is CNC1CC(C)NC(NC2CC3C(OCCC3(F)F)C(C3=CCNCCC3)C2F)N1. The van der Waals surface area contributed by atoms with Gasteiger partial charge in [-0.15, -0.1) is 0 Å². The number of halogens is 3. The average molecular weight is 432 g/mol. The van der Waals surface area contributed by atoms with E-state index in [4.69, 9.17) is 4.74 Å². The molecule has 0 bridgehead atoms. The van der Waals surface area contributed by atoms with Crippen LogP contribution in [0.15, 0.2) is 11.6 Å². The first-order valence-electron chi connectivity index (χ1n) is 11.4. The third kappa shape index (κ3) is 4.71. The van der Waals surface area contributed by atoms with Gasteiger partial charge in [-0.1, -0.05) is 11.6 Å². The van der Waals surface area contributed by atoms with Crippen LogP contribution in [0.2, 0.25) is 0 Å². The van der Waals surface area contributed by atoms with E-state index in [1.165, 1.54) is 0 Å². The van der Waals surface area contributed by atoms with Crippen molar-refractivity contribution < 1.29 is 17.9 Å². The smallest absolute Gasteiger partial charge is 0.255 e. The van der Waals surface area contributed by atoms with Crippen LogP contribution >= 0.6 is 0 Å². The highest BCUT2D eigenvalue weighted by molar-refractivity contribution is 5.19. The Kier molecular flexibility index (Phi) is 7.06. The molecule has 8 atom stereocenters. The lowest BCUT2D eigenvalue weighted by atomic mass is 9.67. The van der Waals surface area contributed by atoms with E-state index in [1.807, 2.05) is 13.1 Å². The Balaban J connectivity index is 1.57. The van der Waals surface area contributed by atoms with E-state index in [0.29, 0.717) is 6.54 Å². The molecule has 3 fully saturated rings. The van der Waals surface area contributed by atoms with Gasteiger partial charge in [-0.2, -0.15) is 0 Å². The van der Waals surface area contributed by atoms with E-state index in [-0.39, 0.29) is 37.9 Å². The number of rotatable bonds is 4. The summed E-state index contributed by atoms with van der Waals surface area (Å²) in [5.74, 6) is -4.44. The molecule has 0 spiro atoms. The summed E-state index contributed by atoms with van der Waals surface area (Å²) in [6, 6.07) is -0.449. The number of alkyl halides is 3. The molecular formula is C21H36F3N5O. The van der Waals surface area contributed by atoms with Gasteiger partial charge in [0.15, 0.2) is 0 Å². The van der Waals surface area contributed by atoms with Crippen molar-refractivity contribution in [1.82, 2.24) is 26.6 Å². The van der Waals surface area contributed by atoms with Gasteiger partial charge in [0.25, 0.3) is 5.92 Å². The number of hydrogen-bond donors (Lipinski definition) is 5. The van der Waals surface area contributed by atoms with E-state index in [9.17, 15) is 8.78 Å². The van der Waals surface area contributed by atoms with E-state index in [2.05, 4.69) is 33.5 Å². The Bertz CT molecular complexity index is 621. The molecular weight excluding hydrogens is 395 g/mol. The standard InChI is InChI=1S/C21H36F3N5O/c1-12-10-16(25-2)29-20(27-12)28-15-11-14-19(30-9-6-21(14,23)24)17(18(15)22)13-4-3-7-26-8-5-13/h5,12,14-20,25-29H,3-4,6-11H2,1-2H3. The molecule has 4 aliphatic rings. The van der Waals surface area contributed by atoms with Gasteiger partial charge in [0.1, 0.15) is 12.5 Å². The van der Waals surface area contributed by atoms with Crippen LogP contribution in [0.4, 0.5) is 13.2 Å². The first-order chi connectivity index (χ1) is 14.4. The van der Waals surface area contributed by atoms with Gasteiger partial charge in [-0.25, -0.2) is 13.2 Å². The molecule has 6 nitrogen and oxygen atoms in total. The maximum absolute atomic E-state index is 16.0. The summed E-state index contributed by atoms with van der Waals surface area (Å²) in [6.45, 7) is 3.57. The summed E-state index contributed by atoms with van der Waals surface area (Å²) < 4.78 is 51.6. The number of ether oxygens (including phenoxy) is 1. The van der Waals surface area contributed by atoms with Gasteiger partial charge in [0.2, 0.25) is 0 Å². The summed E-state index contributed by atoms with van der Waals surface area (Å²) in [5, 5.41) is 16.5. The lowest BCUT2D eigenvalue weighted by molar-refractivity contribution is -0.213. The van der Waals surface area contributed by atoms with E-state index < -0.39 is 36.1 Å². The first kappa shape index (κ1) is 22.5. The Morgan fingerprint density at radius 2 is 2.07 bits per heavy atom. The Morgan fingerprint density at radius 3 is 2.87 bits per heavy atom. The molecule has 0 aromatic carbocycles. The summed E-state index contributed by atoms with van der Waals surface area (Å²) in [6.07, 6.45) is 1.97. The van der Waals surface area contributed by atoms with Crippen molar-refractivity contribution >= 4 is 0 Å². The summed E-state index contributed by atoms with van der Waals surface area (Å²) >= 11 is 0. The van der Waals surface area contributed by atoms with Crippen LogP contribution in [0.25, 0.3) is 0 Å². The first-order valence-corrected chi connectivity index (χ1v) is 11.4. The highest BCUT2D eigenvalue weighted by Gasteiger charge is 2.57. The fourth-order valence-electron chi connectivity index (χ4n) is 5.61. The third-order valence-corrected chi connectivity index (χ3v) is 7.17. The molecule has 3 heterocycles. The maximum atomic E-state index is 16.0. The molecule has 4 rings (SSSR count). The van der Waals surface area contributed by atoms with Crippen LogP contribution in [0.1, 0.15) is 39.0 Å². The van der Waals surface area contributed by atoms with Crippen LogP contribution in [0, 0.1) is 11.8 Å². The number of fused-ring (bicyclic) bond motifs is 1. The van der Waals surface area contributed by atoms with Crippen molar-refractivity contribution in [3.05, 3.63) is 11.6 Å². The highest BCUT2D eigenvalue weighted by Crippen LogP contribution is 2.49. The predicted octanol–water partition coefficient (Wildman–Crippen LogP) is 1.45. The molecule has 3 aliphatic heterocycles. The van der Waals surface area contributed by atoms with Crippen molar-refractivity contribution in [1.29, 1.82) is 0 Å². The van der Waals surface area contributed by atoms with Crippen LogP contribution < -0.4 is 26.6 Å². The normalized spacial score (nSPS) is 44.6. The van der Waals surface area contributed by atoms with Gasteiger partial charge < -0.3 is 15.4 Å². The third-order valence-electron chi connectivity index (χ3n) is 7.17. The van der Waals surface area contributed by atoms with E-state index in [1.54, 1.807) is 0 Å². The van der Waals surface area contributed by atoms with Gasteiger partial charge >= 0.3 is 0 Å². The monoisotopic (exact) mass is 431 g/mol. The molecule has 0 amide bonds. The minimum Gasteiger partial charge on any atom is -0.377 e. The average Bonchev–Trinajstić information content (AvgIpc) is 2.98. The molecule has 0 aromatic rings. The molecule has 2 saturated heterocycles. The van der Waals surface area contributed by atoms with Crippen LogP contribution in [0.3, 0.4) is 0 Å². The van der Waals surface area contributed by atoms with Crippen molar-refractivity contribution in [2.24, 2.45) is 11.8 Å². The Morgan fingerprint density at radius 1 is 1.23 bits per heavy atom. The second-order valence-corrected chi connectivity index (χ2v) is 9.26. The Hall–Kier alpha value is -0.710. The van der Waals surface area contributed by atoms with Crippen LogP contribution in [-0.4, -0.2) is 69.5 Å². The van der Waals surface area contributed by atoms with E-state index >= 15 is 4.39 Å². The molecule has 8 unspecified atom stereocenters. The van der Waals surface area contributed by atoms with Gasteiger partial charge in [0, 0.05) is 31.0 Å².